The SMILES string of the molecule is C[C@H](O)c1ccnc(Oc2ccc(F)cc2)c1. The number of pyridine rings is 1. The number of hydrogen-bond acceptors (Lipinski definition) is 3. The normalized spacial score (nSPS) is 12.2. The summed E-state index contributed by atoms with van der Waals surface area (Å²) in [7, 11) is 0. The molecule has 0 saturated carbocycles. The zero-order chi connectivity index (χ0) is 12.3. The van der Waals surface area contributed by atoms with E-state index in [4.69, 9.17) is 4.74 Å². The maximum atomic E-state index is 12.7. The van der Waals surface area contributed by atoms with Crippen LogP contribution >= 0.6 is 0 Å². The Labute approximate surface area is 98.5 Å². The van der Waals surface area contributed by atoms with Gasteiger partial charge in [0.25, 0.3) is 0 Å². The van der Waals surface area contributed by atoms with Crippen LogP contribution in [0.4, 0.5) is 4.39 Å². The molecule has 1 N–H and O–H groups in total. The van der Waals surface area contributed by atoms with Crippen molar-refractivity contribution in [1.29, 1.82) is 0 Å². The molecule has 3 nitrogen and oxygen atoms in total. The quantitative estimate of drug-likeness (QED) is 0.885. The predicted molar refractivity (Wildman–Crippen MR) is 61.3 cm³/mol. The molecule has 1 heterocycles. The maximum absolute atomic E-state index is 12.7. The van der Waals surface area contributed by atoms with Gasteiger partial charge in [-0.2, -0.15) is 0 Å². The Morgan fingerprint density at radius 1 is 1.24 bits per heavy atom. The van der Waals surface area contributed by atoms with Crippen LogP contribution in [0.2, 0.25) is 0 Å². The molecule has 1 atom stereocenters. The van der Waals surface area contributed by atoms with Crippen LogP contribution in [-0.2, 0) is 0 Å². The average Bonchev–Trinajstić information content (AvgIpc) is 2.32. The highest BCUT2D eigenvalue weighted by Gasteiger charge is 2.04. The summed E-state index contributed by atoms with van der Waals surface area (Å²) in [5, 5.41) is 9.42. The van der Waals surface area contributed by atoms with Crippen molar-refractivity contribution >= 4 is 0 Å². The van der Waals surface area contributed by atoms with Gasteiger partial charge in [-0.15, -0.1) is 0 Å². The highest BCUT2D eigenvalue weighted by molar-refractivity contribution is 5.29. The van der Waals surface area contributed by atoms with Gasteiger partial charge in [0.2, 0.25) is 5.88 Å². The first-order valence-electron chi connectivity index (χ1n) is 5.22. The topological polar surface area (TPSA) is 42.4 Å². The van der Waals surface area contributed by atoms with Gasteiger partial charge in [0.05, 0.1) is 6.10 Å². The molecule has 1 aromatic carbocycles. The number of benzene rings is 1. The maximum Gasteiger partial charge on any atom is 0.219 e. The third-order valence-electron chi connectivity index (χ3n) is 2.28. The van der Waals surface area contributed by atoms with E-state index in [2.05, 4.69) is 4.98 Å². The fourth-order valence-corrected chi connectivity index (χ4v) is 1.36. The molecule has 0 aliphatic heterocycles. The van der Waals surface area contributed by atoms with Crippen LogP contribution in [0.5, 0.6) is 11.6 Å². The molecule has 0 bridgehead atoms. The monoisotopic (exact) mass is 233 g/mol. The molecular formula is C13H12FNO2. The average molecular weight is 233 g/mol. The third-order valence-corrected chi connectivity index (χ3v) is 2.28. The number of rotatable bonds is 3. The highest BCUT2D eigenvalue weighted by atomic mass is 19.1. The van der Waals surface area contributed by atoms with Gasteiger partial charge < -0.3 is 9.84 Å². The Hall–Kier alpha value is -1.94. The van der Waals surface area contributed by atoms with Crippen LogP contribution in [-0.4, -0.2) is 10.1 Å². The lowest BCUT2D eigenvalue weighted by molar-refractivity contribution is 0.198. The minimum Gasteiger partial charge on any atom is -0.439 e. The zero-order valence-corrected chi connectivity index (χ0v) is 9.30. The Morgan fingerprint density at radius 3 is 2.59 bits per heavy atom. The number of halogens is 1. The Balaban J connectivity index is 2.18. The van der Waals surface area contributed by atoms with E-state index in [0.717, 1.165) is 5.56 Å². The molecule has 0 saturated heterocycles. The summed E-state index contributed by atoms with van der Waals surface area (Å²) in [6, 6.07) is 9.02. The number of hydrogen-bond donors (Lipinski definition) is 1. The summed E-state index contributed by atoms with van der Waals surface area (Å²) in [5.74, 6) is 0.555. The van der Waals surface area contributed by atoms with Crippen LogP contribution in [0.15, 0.2) is 42.6 Å². The van der Waals surface area contributed by atoms with Crippen LogP contribution in [0, 0.1) is 5.82 Å². The van der Waals surface area contributed by atoms with Gasteiger partial charge in [-0.3, -0.25) is 0 Å². The molecular weight excluding hydrogens is 221 g/mol. The lowest BCUT2D eigenvalue weighted by Gasteiger charge is -2.08. The van der Waals surface area contributed by atoms with Gasteiger partial charge in [-0.1, -0.05) is 0 Å². The molecule has 0 unspecified atom stereocenters. The Kier molecular flexibility index (Phi) is 3.35. The predicted octanol–water partition coefficient (Wildman–Crippen LogP) is 3.07. The lowest BCUT2D eigenvalue weighted by atomic mass is 10.2. The highest BCUT2D eigenvalue weighted by Crippen LogP contribution is 2.22. The van der Waals surface area contributed by atoms with Crippen LogP contribution in [0.1, 0.15) is 18.6 Å². The standard InChI is InChI=1S/C13H12FNO2/c1-9(16)10-6-7-15-13(8-10)17-12-4-2-11(14)3-5-12/h2-9,16H,1H3/t9-/m0/s1. The fraction of sp³-hybridized carbons (Fsp3) is 0.154. The van der Waals surface area contributed by atoms with Crippen molar-refractivity contribution in [3.05, 3.63) is 54.0 Å². The zero-order valence-electron chi connectivity index (χ0n) is 9.30. The van der Waals surface area contributed by atoms with Gasteiger partial charge in [-0.05, 0) is 42.8 Å². The third kappa shape index (κ3) is 3.01. The molecule has 0 fully saturated rings. The smallest absolute Gasteiger partial charge is 0.219 e. The second-order valence-electron chi connectivity index (χ2n) is 3.66. The van der Waals surface area contributed by atoms with Crippen LogP contribution < -0.4 is 4.74 Å². The van der Waals surface area contributed by atoms with E-state index in [-0.39, 0.29) is 5.82 Å². The molecule has 0 amide bonds. The first kappa shape index (κ1) is 11.5. The molecule has 2 aromatic rings. The Bertz CT molecular complexity index is 497. The van der Waals surface area contributed by atoms with Crippen molar-refractivity contribution < 1.29 is 14.2 Å². The first-order chi connectivity index (χ1) is 8.15. The summed E-state index contributed by atoms with van der Waals surface area (Å²) in [6.07, 6.45) is 0.981. The number of ether oxygens (including phenoxy) is 1. The first-order valence-corrected chi connectivity index (χ1v) is 5.22. The van der Waals surface area contributed by atoms with E-state index < -0.39 is 6.10 Å². The minimum absolute atomic E-state index is 0.317. The molecule has 17 heavy (non-hydrogen) atoms. The van der Waals surface area contributed by atoms with E-state index >= 15 is 0 Å². The molecule has 0 radical (unpaired) electrons. The second-order valence-corrected chi connectivity index (χ2v) is 3.66. The number of aliphatic hydroxyl groups excluding tert-OH is 1. The number of aromatic nitrogens is 1. The molecule has 0 aliphatic rings. The summed E-state index contributed by atoms with van der Waals surface area (Å²) in [6.45, 7) is 1.66. The van der Waals surface area contributed by atoms with Crippen molar-refractivity contribution in [3.8, 4) is 11.6 Å². The summed E-state index contributed by atoms with van der Waals surface area (Å²) in [4.78, 5) is 4.01. The van der Waals surface area contributed by atoms with E-state index in [0.29, 0.717) is 11.6 Å². The lowest BCUT2D eigenvalue weighted by Crippen LogP contribution is -1.94. The van der Waals surface area contributed by atoms with Crippen molar-refractivity contribution in [3.63, 3.8) is 0 Å². The number of aliphatic hydroxyl groups is 1. The van der Waals surface area contributed by atoms with Crippen molar-refractivity contribution in [2.24, 2.45) is 0 Å². The fourth-order valence-electron chi connectivity index (χ4n) is 1.36. The second kappa shape index (κ2) is 4.93. The van der Waals surface area contributed by atoms with Crippen molar-refractivity contribution in [2.75, 3.05) is 0 Å². The summed E-state index contributed by atoms with van der Waals surface area (Å²) >= 11 is 0. The van der Waals surface area contributed by atoms with Gasteiger partial charge in [-0.25, -0.2) is 9.37 Å². The summed E-state index contributed by atoms with van der Waals surface area (Å²) in [5.41, 5.74) is 0.720. The molecule has 0 spiro atoms. The van der Waals surface area contributed by atoms with Gasteiger partial charge >= 0.3 is 0 Å². The van der Waals surface area contributed by atoms with E-state index in [1.165, 1.54) is 24.3 Å². The van der Waals surface area contributed by atoms with Crippen molar-refractivity contribution in [2.45, 2.75) is 13.0 Å². The molecule has 88 valence electrons. The van der Waals surface area contributed by atoms with Crippen LogP contribution in [0.25, 0.3) is 0 Å². The van der Waals surface area contributed by atoms with E-state index in [1.807, 2.05) is 0 Å². The summed E-state index contributed by atoms with van der Waals surface area (Å²) < 4.78 is 18.1. The minimum atomic E-state index is -0.575. The van der Waals surface area contributed by atoms with Crippen LogP contribution in [0.3, 0.4) is 0 Å². The number of nitrogens with zero attached hydrogens (tertiary/aromatic N) is 1. The molecule has 0 aliphatic carbocycles. The largest absolute Gasteiger partial charge is 0.439 e. The van der Waals surface area contributed by atoms with E-state index in [9.17, 15) is 9.50 Å². The molecule has 2 rings (SSSR count). The molecule has 1 aromatic heterocycles. The Morgan fingerprint density at radius 2 is 1.94 bits per heavy atom. The van der Waals surface area contributed by atoms with Gasteiger partial charge in [0, 0.05) is 12.3 Å². The van der Waals surface area contributed by atoms with Gasteiger partial charge in [0.1, 0.15) is 11.6 Å². The van der Waals surface area contributed by atoms with E-state index in [1.54, 1.807) is 25.3 Å². The van der Waals surface area contributed by atoms with Crippen molar-refractivity contribution in [1.82, 2.24) is 4.98 Å². The molecule has 4 heteroatoms. The van der Waals surface area contributed by atoms with Gasteiger partial charge in [0.15, 0.2) is 0 Å².